The fourth-order valence-electron chi connectivity index (χ4n) is 2.50. The van der Waals surface area contributed by atoms with Crippen LogP contribution in [0.3, 0.4) is 0 Å². The number of likely N-dealkylation sites (N-methyl/N-ethyl adjacent to an activating group) is 1. The number of hydrogen-bond acceptors (Lipinski definition) is 4. The zero-order chi connectivity index (χ0) is 19.3. The number of nitrogens with one attached hydrogen (secondary N) is 2. The summed E-state index contributed by atoms with van der Waals surface area (Å²) in [7, 11) is 1.64. The summed E-state index contributed by atoms with van der Waals surface area (Å²) in [5.74, 6) is -0.334. The Hall–Kier alpha value is -2.29. The molecule has 0 aromatic heterocycles. The van der Waals surface area contributed by atoms with Crippen molar-refractivity contribution in [3.63, 3.8) is 0 Å². The van der Waals surface area contributed by atoms with Crippen molar-refractivity contribution in [3.8, 4) is 5.75 Å². The average Bonchev–Trinajstić information content (AvgIpc) is 3.31. The molecule has 0 radical (unpaired) electrons. The molecule has 1 fully saturated rings. The molecule has 1 saturated carbocycles. The van der Waals surface area contributed by atoms with Crippen LogP contribution in [0.1, 0.15) is 19.8 Å². The van der Waals surface area contributed by atoms with E-state index in [1.54, 1.807) is 11.9 Å². The normalized spacial score (nSPS) is 15.5. The Bertz CT molecular complexity index is 630. The Kier molecular flexibility index (Phi) is 6.47. The molecule has 0 spiro atoms. The molecule has 2 N–H and O–H groups in total. The van der Waals surface area contributed by atoms with E-state index in [9.17, 15) is 22.8 Å². The number of halogens is 3. The third kappa shape index (κ3) is 7.30. The van der Waals surface area contributed by atoms with Crippen molar-refractivity contribution in [3.05, 3.63) is 24.3 Å². The first-order valence-corrected chi connectivity index (χ1v) is 8.26. The minimum absolute atomic E-state index is 0.0218. The van der Waals surface area contributed by atoms with Crippen molar-refractivity contribution in [1.29, 1.82) is 0 Å². The number of ether oxygens (including phenoxy) is 1. The summed E-state index contributed by atoms with van der Waals surface area (Å²) < 4.78 is 40.0. The molecule has 0 aliphatic heterocycles. The standard InChI is InChI=1S/C17H22F3N3O3/c1-11(12-3-4-12)21-15(24)9-23(2)10-16(25)22-13-5-7-14(8-6-13)26-17(18,19)20/h5-8,11-12H,3-4,9-10H2,1-2H3,(H,21,24)(H,22,25)/t11-/m0/s1. The number of hydrogen-bond donors (Lipinski definition) is 2. The molecule has 26 heavy (non-hydrogen) atoms. The molecule has 1 aromatic rings. The lowest BCUT2D eigenvalue weighted by atomic mass is 10.2. The summed E-state index contributed by atoms with van der Waals surface area (Å²) in [5, 5.41) is 5.46. The van der Waals surface area contributed by atoms with Crippen LogP contribution in [0.4, 0.5) is 18.9 Å². The molecule has 9 heteroatoms. The summed E-state index contributed by atoms with van der Waals surface area (Å²) in [4.78, 5) is 25.4. The van der Waals surface area contributed by atoms with Crippen molar-refractivity contribution in [2.45, 2.75) is 32.2 Å². The summed E-state index contributed by atoms with van der Waals surface area (Å²) >= 11 is 0. The fourth-order valence-corrected chi connectivity index (χ4v) is 2.50. The fraction of sp³-hybridized carbons (Fsp3) is 0.529. The van der Waals surface area contributed by atoms with E-state index < -0.39 is 6.36 Å². The van der Waals surface area contributed by atoms with Gasteiger partial charge in [0.15, 0.2) is 0 Å². The van der Waals surface area contributed by atoms with Crippen molar-refractivity contribution in [1.82, 2.24) is 10.2 Å². The van der Waals surface area contributed by atoms with Crippen molar-refractivity contribution >= 4 is 17.5 Å². The molecule has 0 heterocycles. The summed E-state index contributed by atoms with van der Waals surface area (Å²) in [6.45, 7) is 2.03. The largest absolute Gasteiger partial charge is 0.573 e. The number of amides is 2. The highest BCUT2D eigenvalue weighted by Crippen LogP contribution is 2.32. The van der Waals surface area contributed by atoms with Gasteiger partial charge in [-0.05, 0) is 57.0 Å². The van der Waals surface area contributed by atoms with Crippen molar-refractivity contribution in [2.75, 3.05) is 25.5 Å². The predicted molar refractivity (Wildman–Crippen MR) is 89.6 cm³/mol. The van der Waals surface area contributed by atoms with Gasteiger partial charge in [0.25, 0.3) is 0 Å². The van der Waals surface area contributed by atoms with Gasteiger partial charge in [-0.3, -0.25) is 14.5 Å². The van der Waals surface area contributed by atoms with Crippen molar-refractivity contribution < 1.29 is 27.5 Å². The van der Waals surface area contributed by atoms with Crippen LogP contribution in [-0.4, -0.2) is 49.3 Å². The molecule has 0 bridgehead atoms. The smallest absolute Gasteiger partial charge is 0.406 e. The zero-order valence-electron chi connectivity index (χ0n) is 14.6. The predicted octanol–water partition coefficient (Wildman–Crippen LogP) is 2.37. The van der Waals surface area contributed by atoms with Gasteiger partial charge in [-0.2, -0.15) is 0 Å². The number of nitrogens with zero attached hydrogens (tertiary/aromatic N) is 1. The summed E-state index contributed by atoms with van der Waals surface area (Å²) in [5.41, 5.74) is 0.338. The second-order valence-corrected chi connectivity index (χ2v) is 6.49. The first-order chi connectivity index (χ1) is 12.1. The number of benzene rings is 1. The topological polar surface area (TPSA) is 70.7 Å². The number of rotatable bonds is 8. The Labute approximate surface area is 149 Å². The highest BCUT2D eigenvalue weighted by atomic mass is 19.4. The van der Waals surface area contributed by atoms with Gasteiger partial charge in [-0.25, -0.2) is 0 Å². The van der Waals surface area contributed by atoms with E-state index in [1.807, 2.05) is 6.92 Å². The molecule has 2 rings (SSSR count). The lowest BCUT2D eigenvalue weighted by Gasteiger charge is -2.18. The SMILES string of the molecule is C[C@H](NC(=O)CN(C)CC(=O)Nc1ccc(OC(F)(F)F)cc1)C1CC1. The number of anilines is 1. The lowest BCUT2D eigenvalue weighted by Crippen LogP contribution is -2.42. The Morgan fingerprint density at radius 2 is 1.77 bits per heavy atom. The Balaban J connectivity index is 1.73. The van der Waals surface area contributed by atoms with Gasteiger partial charge in [0.2, 0.25) is 11.8 Å². The van der Waals surface area contributed by atoms with Gasteiger partial charge in [0.05, 0.1) is 13.1 Å². The monoisotopic (exact) mass is 373 g/mol. The highest BCUT2D eigenvalue weighted by molar-refractivity contribution is 5.92. The molecule has 0 saturated heterocycles. The molecule has 1 aromatic carbocycles. The van der Waals surface area contributed by atoms with E-state index in [-0.39, 0.29) is 36.7 Å². The van der Waals surface area contributed by atoms with Crippen LogP contribution in [-0.2, 0) is 9.59 Å². The van der Waals surface area contributed by atoms with E-state index >= 15 is 0 Å². The van der Waals surface area contributed by atoms with Crippen LogP contribution >= 0.6 is 0 Å². The van der Waals surface area contributed by atoms with Gasteiger partial charge in [0, 0.05) is 11.7 Å². The van der Waals surface area contributed by atoms with Gasteiger partial charge < -0.3 is 15.4 Å². The van der Waals surface area contributed by atoms with Crippen LogP contribution < -0.4 is 15.4 Å². The second kappa shape index (κ2) is 8.39. The quantitative estimate of drug-likeness (QED) is 0.734. The first kappa shape index (κ1) is 20.0. The maximum absolute atomic E-state index is 12.1. The molecule has 2 amide bonds. The van der Waals surface area contributed by atoms with Gasteiger partial charge in [0.1, 0.15) is 5.75 Å². The van der Waals surface area contributed by atoms with Crippen LogP contribution in [0.5, 0.6) is 5.75 Å². The number of carbonyl (C=O) groups excluding carboxylic acids is 2. The van der Waals surface area contributed by atoms with E-state index in [4.69, 9.17) is 0 Å². The first-order valence-electron chi connectivity index (χ1n) is 8.26. The van der Waals surface area contributed by atoms with E-state index in [1.165, 1.54) is 12.1 Å². The third-order valence-electron chi connectivity index (χ3n) is 3.92. The third-order valence-corrected chi connectivity index (χ3v) is 3.92. The molecule has 6 nitrogen and oxygen atoms in total. The molecular formula is C17H22F3N3O3. The molecular weight excluding hydrogens is 351 g/mol. The van der Waals surface area contributed by atoms with Crippen LogP contribution in [0, 0.1) is 5.92 Å². The maximum atomic E-state index is 12.1. The molecule has 1 aliphatic rings. The van der Waals surface area contributed by atoms with Gasteiger partial charge >= 0.3 is 6.36 Å². The average molecular weight is 373 g/mol. The Morgan fingerprint density at radius 1 is 1.19 bits per heavy atom. The van der Waals surface area contributed by atoms with E-state index in [0.717, 1.165) is 25.0 Å². The van der Waals surface area contributed by atoms with E-state index in [0.29, 0.717) is 11.6 Å². The minimum atomic E-state index is -4.76. The van der Waals surface area contributed by atoms with Crippen LogP contribution in [0.15, 0.2) is 24.3 Å². The zero-order valence-corrected chi connectivity index (χ0v) is 14.6. The second-order valence-electron chi connectivity index (χ2n) is 6.49. The molecule has 1 aliphatic carbocycles. The van der Waals surface area contributed by atoms with Crippen LogP contribution in [0.2, 0.25) is 0 Å². The minimum Gasteiger partial charge on any atom is -0.406 e. The summed E-state index contributed by atoms with van der Waals surface area (Å²) in [6, 6.07) is 4.98. The summed E-state index contributed by atoms with van der Waals surface area (Å²) in [6.07, 6.45) is -2.50. The van der Waals surface area contributed by atoms with E-state index in [2.05, 4.69) is 15.4 Å². The maximum Gasteiger partial charge on any atom is 0.573 e. The number of alkyl halides is 3. The molecule has 1 atom stereocenters. The molecule has 144 valence electrons. The number of carbonyl (C=O) groups is 2. The van der Waals surface area contributed by atoms with Crippen molar-refractivity contribution in [2.24, 2.45) is 5.92 Å². The van der Waals surface area contributed by atoms with Gasteiger partial charge in [-0.15, -0.1) is 13.2 Å². The lowest BCUT2D eigenvalue weighted by molar-refractivity contribution is -0.274. The highest BCUT2D eigenvalue weighted by Gasteiger charge is 2.31. The molecule has 0 unspecified atom stereocenters. The van der Waals surface area contributed by atoms with Gasteiger partial charge in [-0.1, -0.05) is 0 Å². The van der Waals surface area contributed by atoms with Crippen LogP contribution in [0.25, 0.3) is 0 Å². The Morgan fingerprint density at radius 3 is 2.31 bits per heavy atom.